The molecule has 7 heteroatoms. The molecule has 1 N–H and O–H groups in total. The van der Waals surface area contributed by atoms with Gasteiger partial charge in [-0.2, -0.15) is 0 Å². The van der Waals surface area contributed by atoms with Crippen LogP contribution in [0.4, 0.5) is 0 Å². The predicted octanol–water partition coefficient (Wildman–Crippen LogP) is 2.81. The number of aliphatic hydroxyl groups excluding tert-OH is 1. The van der Waals surface area contributed by atoms with E-state index in [1.54, 1.807) is 0 Å². The predicted molar refractivity (Wildman–Crippen MR) is 120 cm³/mol. The molecule has 1 aromatic rings. The largest absolute Gasteiger partial charge is 0.459 e. The standard InChI is InChI=1S/C22H31IN2O4/c1-3-28-22-18(5-4-14-26)19(16-6-8-17(23)9-7-16)15-20(29-22)21(27)25-12-10-24(2)11-13-25/h6-9,15,18-19,22,26H,3-5,10-14H2,1-2H3/t18-,19+,22+/m0/s1. The molecule has 160 valence electrons. The van der Waals surface area contributed by atoms with Gasteiger partial charge in [0.1, 0.15) is 0 Å². The number of piperazine rings is 1. The van der Waals surface area contributed by atoms with E-state index < -0.39 is 6.29 Å². The van der Waals surface area contributed by atoms with Crippen LogP contribution in [-0.2, 0) is 14.3 Å². The molecule has 2 aliphatic heterocycles. The Morgan fingerprint density at radius 2 is 1.93 bits per heavy atom. The Morgan fingerprint density at radius 3 is 2.55 bits per heavy atom. The molecule has 2 aliphatic rings. The van der Waals surface area contributed by atoms with Gasteiger partial charge in [-0.3, -0.25) is 4.79 Å². The second-order valence-corrected chi connectivity index (χ2v) is 8.92. The summed E-state index contributed by atoms with van der Waals surface area (Å²) in [6, 6.07) is 8.39. The quantitative estimate of drug-likeness (QED) is 0.568. The molecule has 0 bridgehead atoms. The van der Waals surface area contributed by atoms with Crippen molar-refractivity contribution < 1.29 is 19.4 Å². The Bertz CT molecular complexity index is 701. The molecule has 29 heavy (non-hydrogen) atoms. The highest BCUT2D eigenvalue weighted by Crippen LogP contribution is 2.39. The number of carbonyl (C=O) groups is 1. The first-order chi connectivity index (χ1) is 14.0. The molecular weight excluding hydrogens is 483 g/mol. The van der Waals surface area contributed by atoms with Crippen LogP contribution < -0.4 is 0 Å². The van der Waals surface area contributed by atoms with Gasteiger partial charge in [0.25, 0.3) is 5.91 Å². The van der Waals surface area contributed by atoms with Crippen LogP contribution in [0.15, 0.2) is 36.1 Å². The van der Waals surface area contributed by atoms with E-state index in [2.05, 4.69) is 58.8 Å². The monoisotopic (exact) mass is 514 g/mol. The highest BCUT2D eigenvalue weighted by molar-refractivity contribution is 14.1. The number of ether oxygens (including phenoxy) is 2. The second kappa shape index (κ2) is 10.7. The number of hydrogen-bond donors (Lipinski definition) is 1. The Hall–Kier alpha value is -1.16. The molecule has 2 heterocycles. The fourth-order valence-electron chi connectivity index (χ4n) is 3.99. The number of aliphatic hydroxyl groups is 1. The summed E-state index contributed by atoms with van der Waals surface area (Å²) in [6.45, 7) is 5.73. The van der Waals surface area contributed by atoms with Gasteiger partial charge in [-0.15, -0.1) is 0 Å². The number of likely N-dealkylation sites (N-methyl/N-ethyl adjacent to an activating group) is 1. The van der Waals surface area contributed by atoms with Gasteiger partial charge < -0.3 is 24.4 Å². The lowest BCUT2D eigenvalue weighted by molar-refractivity contribution is -0.170. The number of halogens is 1. The minimum atomic E-state index is -0.493. The van der Waals surface area contributed by atoms with Gasteiger partial charge in [-0.25, -0.2) is 0 Å². The van der Waals surface area contributed by atoms with E-state index in [1.165, 1.54) is 3.57 Å². The molecule has 1 fully saturated rings. The summed E-state index contributed by atoms with van der Waals surface area (Å²) in [5, 5.41) is 9.38. The van der Waals surface area contributed by atoms with E-state index in [1.807, 2.05) is 17.9 Å². The van der Waals surface area contributed by atoms with Crippen LogP contribution in [0, 0.1) is 9.49 Å². The first-order valence-corrected chi connectivity index (χ1v) is 11.5. The highest BCUT2D eigenvalue weighted by atomic mass is 127. The lowest BCUT2D eigenvalue weighted by atomic mass is 9.80. The molecule has 0 unspecified atom stereocenters. The number of benzene rings is 1. The Kier molecular flexibility index (Phi) is 8.35. The summed E-state index contributed by atoms with van der Waals surface area (Å²) in [4.78, 5) is 17.3. The normalized spacial score (nSPS) is 25.4. The summed E-state index contributed by atoms with van der Waals surface area (Å²) < 4.78 is 13.2. The molecule has 0 aliphatic carbocycles. The molecule has 0 radical (unpaired) electrons. The Morgan fingerprint density at radius 1 is 1.24 bits per heavy atom. The van der Waals surface area contributed by atoms with Crippen LogP contribution in [-0.4, -0.2) is 73.5 Å². The number of nitrogens with zero attached hydrogens (tertiary/aromatic N) is 2. The van der Waals surface area contributed by atoms with E-state index in [9.17, 15) is 9.90 Å². The van der Waals surface area contributed by atoms with E-state index in [0.29, 0.717) is 31.9 Å². The molecule has 6 nitrogen and oxygen atoms in total. The molecule has 0 spiro atoms. The highest BCUT2D eigenvalue weighted by Gasteiger charge is 2.39. The summed E-state index contributed by atoms with van der Waals surface area (Å²) in [5.74, 6) is 0.386. The van der Waals surface area contributed by atoms with Crippen LogP contribution in [0.1, 0.15) is 31.2 Å². The zero-order valence-electron chi connectivity index (χ0n) is 17.2. The minimum absolute atomic E-state index is 0.00950. The van der Waals surface area contributed by atoms with Crippen molar-refractivity contribution in [2.75, 3.05) is 46.4 Å². The van der Waals surface area contributed by atoms with Crippen molar-refractivity contribution in [1.29, 1.82) is 0 Å². The van der Waals surface area contributed by atoms with Gasteiger partial charge in [0.15, 0.2) is 5.76 Å². The van der Waals surface area contributed by atoms with E-state index in [-0.39, 0.29) is 24.3 Å². The number of allylic oxidation sites excluding steroid dienone is 1. The van der Waals surface area contributed by atoms with Gasteiger partial charge in [-0.05, 0) is 73.2 Å². The third-order valence-electron chi connectivity index (χ3n) is 5.67. The lowest BCUT2D eigenvalue weighted by Gasteiger charge is -2.39. The summed E-state index contributed by atoms with van der Waals surface area (Å²) >= 11 is 2.30. The van der Waals surface area contributed by atoms with Gasteiger partial charge >= 0.3 is 0 Å². The molecule has 0 aromatic heterocycles. The SMILES string of the molecule is CCO[C@@H]1OC(C(=O)N2CCN(C)CC2)=C[C@H](c2ccc(I)cc2)[C@@H]1CCCO. The zero-order valence-corrected chi connectivity index (χ0v) is 19.4. The third-order valence-corrected chi connectivity index (χ3v) is 6.39. The summed E-state index contributed by atoms with van der Waals surface area (Å²) in [7, 11) is 2.07. The molecule has 1 amide bonds. The summed E-state index contributed by atoms with van der Waals surface area (Å²) in [5.41, 5.74) is 1.14. The second-order valence-electron chi connectivity index (χ2n) is 7.68. The maximum Gasteiger partial charge on any atom is 0.288 e. The molecular formula is C22H31IN2O4. The fourth-order valence-corrected chi connectivity index (χ4v) is 4.35. The van der Waals surface area contributed by atoms with Crippen molar-refractivity contribution in [3.63, 3.8) is 0 Å². The summed E-state index contributed by atoms with van der Waals surface area (Å²) in [6.07, 6.45) is 2.92. The molecule has 1 aromatic carbocycles. The number of amides is 1. The average molecular weight is 514 g/mol. The van der Waals surface area contributed by atoms with Crippen molar-refractivity contribution >= 4 is 28.5 Å². The topological polar surface area (TPSA) is 62.2 Å². The van der Waals surface area contributed by atoms with Crippen molar-refractivity contribution in [1.82, 2.24) is 9.80 Å². The molecule has 0 saturated carbocycles. The smallest absolute Gasteiger partial charge is 0.288 e. The number of hydrogen-bond acceptors (Lipinski definition) is 5. The third kappa shape index (κ3) is 5.71. The zero-order chi connectivity index (χ0) is 20.8. The van der Waals surface area contributed by atoms with Crippen LogP contribution in [0.2, 0.25) is 0 Å². The lowest BCUT2D eigenvalue weighted by Crippen LogP contribution is -2.49. The van der Waals surface area contributed by atoms with Crippen molar-refractivity contribution in [3.05, 3.63) is 45.2 Å². The van der Waals surface area contributed by atoms with Crippen molar-refractivity contribution in [3.8, 4) is 0 Å². The van der Waals surface area contributed by atoms with Gasteiger partial charge in [0.05, 0.1) is 0 Å². The first-order valence-electron chi connectivity index (χ1n) is 10.4. The molecule has 1 saturated heterocycles. The number of carbonyl (C=O) groups excluding carboxylic acids is 1. The molecule has 3 atom stereocenters. The van der Waals surface area contributed by atoms with Crippen LogP contribution >= 0.6 is 22.6 Å². The van der Waals surface area contributed by atoms with Gasteiger partial charge in [0.2, 0.25) is 6.29 Å². The van der Waals surface area contributed by atoms with Crippen LogP contribution in [0.25, 0.3) is 0 Å². The van der Waals surface area contributed by atoms with E-state index >= 15 is 0 Å². The van der Waals surface area contributed by atoms with Gasteiger partial charge in [-0.1, -0.05) is 12.1 Å². The Labute approximate surface area is 187 Å². The maximum atomic E-state index is 13.2. The molecule has 3 rings (SSSR count). The van der Waals surface area contributed by atoms with Gasteiger partial charge in [0, 0.05) is 54.8 Å². The fraction of sp³-hybridized carbons (Fsp3) is 0.591. The first kappa shape index (κ1) is 22.5. The number of rotatable bonds is 7. The van der Waals surface area contributed by atoms with Crippen LogP contribution in [0.3, 0.4) is 0 Å². The van der Waals surface area contributed by atoms with E-state index in [0.717, 1.165) is 25.1 Å². The minimum Gasteiger partial charge on any atom is -0.459 e. The van der Waals surface area contributed by atoms with E-state index in [4.69, 9.17) is 9.47 Å². The van der Waals surface area contributed by atoms with Crippen molar-refractivity contribution in [2.45, 2.75) is 32.0 Å². The maximum absolute atomic E-state index is 13.2. The van der Waals surface area contributed by atoms with Crippen molar-refractivity contribution in [2.24, 2.45) is 5.92 Å². The average Bonchev–Trinajstić information content (AvgIpc) is 2.73. The van der Waals surface area contributed by atoms with Crippen LogP contribution in [0.5, 0.6) is 0 Å². The Balaban J connectivity index is 1.90.